The second kappa shape index (κ2) is 7.14. The normalized spacial score (nSPS) is 14.0. The molecular formula is C16H18N4O4S. The maximum Gasteiger partial charge on any atom is 0.357 e. The van der Waals surface area contributed by atoms with Crippen molar-refractivity contribution in [3.63, 3.8) is 0 Å². The van der Waals surface area contributed by atoms with Gasteiger partial charge < -0.3 is 10.1 Å². The molecule has 0 saturated carbocycles. The molecule has 2 heterocycles. The number of rotatable bonds is 5. The molecule has 1 atom stereocenters. The molecule has 132 valence electrons. The molecule has 1 aliphatic rings. The molecule has 1 unspecified atom stereocenters. The van der Waals surface area contributed by atoms with Crippen molar-refractivity contribution in [3.8, 4) is 0 Å². The summed E-state index contributed by atoms with van der Waals surface area (Å²) >= 11 is 1.12. The number of esters is 1. The first kappa shape index (κ1) is 17.3. The maximum atomic E-state index is 12.4. The number of aryl methyl sites for hydroxylation is 2. The Morgan fingerprint density at radius 2 is 2.24 bits per heavy atom. The van der Waals surface area contributed by atoms with Gasteiger partial charge in [-0.05, 0) is 38.7 Å². The summed E-state index contributed by atoms with van der Waals surface area (Å²) in [7, 11) is 0. The minimum Gasteiger partial charge on any atom is -0.461 e. The van der Waals surface area contributed by atoms with Gasteiger partial charge in [0.05, 0.1) is 12.3 Å². The molecular weight excluding hydrogens is 344 g/mol. The number of nitrogens with one attached hydrogen (secondary N) is 1. The van der Waals surface area contributed by atoms with Crippen molar-refractivity contribution in [2.45, 2.75) is 39.2 Å². The van der Waals surface area contributed by atoms with Crippen LogP contribution in [0.1, 0.15) is 48.1 Å². The van der Waals surface area contributed by atoms with E-state index in [1.807, 2.05) is 0 Å². The molecule has 8 nitrogen and oxygen atoms in total. The average Bonchev–Trinajstić information content (AvgIpc) is 3.22. The van der Waals surface area contributed by atoms with Gasteiger partial charge in [0.2, 0.25) is 0 Å². The fourth-order valence-corrected chi connectivity index (χ4v) is 3.33. The van der Waals surface area contributed by atoms with E-state index in [1.165, 1.54) is 10.1 Å². The minimum absolute atomic E-state index is 0.141. The summed E-state index contributed by atoms with van der Waals surface area (Å²) in [4.78, 5) is 40.2. The second-order valence-electron chi connectivity index (χ2n) is 5.68. The van der Waals surface area contributed by atoms with E-state index in [4.69, 9.17) is 4.74 Å². The molecule has 1 amide bonds. The molecule has 1 N–H and O–H groups in total. The van der Waals surface area contributed by atoms with Crippen LogP contribution in [0.2, 0.25) is 0 Å². The maximum absolute atomic E-state index is 12.4. The average molecular weight is 362 g/mol. The first-order valence-corrected chi connectivity index (χ1v) is 8.92. The summed E-state index contributed by atoms with van der Waals surface area (Å²) in [5.41, 5.74) is 1.68. The van der Waals surface area contributed by atoms with Crippen LogP contribution in [0, 0.1) is 0 Å². The number of amides is 1. The number of hydrogen-bond acceptors (Lipinski definition) is 7. The summed E-state index contributed by atoms with van der Waals surface area (Å²) in [6, 6.07) is 0.773. The van der Waals surface area contributed by atoms with Gasteiger partial charge in [-0.2, -0.15) is 5.10 Å². The highest BCUT2D eigenvalue weighted by Gasteiger charge is 2.22. The first-order chi connectivity index (χ1) is 12.0. The van der Waals surface area contributed by atoms with E-state index in [1.54, 1.807) is 19.9 Å². The van der Waals surface area contributed by atoms with Crippen LogP contribution in [0.5, 0.6) is 0 Å². The largest absolute Gasteiger partial charge is 0.461 e. The minimum atomic E-state index is -0.784. The number of aromatic nitrogens is 3. The van der Waals surface area contributed by atoms with E-state index in [0.29, 0.717) is 0 Å². The molecule has 0 spiro atoms. The number of nitrogens with zero attached hydrogens (tertiary/aromatic N) is 3. The third-order valence-electron chi connectivity index (χ3n) is 3.95. The van der Waals surface area contributed by atoms with Crippen molar-refractivity contribution < 1.29 is 14.3 Å². The van der Waals surface area contributed by atoms with Crippen LogP contribution in [-0.4, -0.2) is 33.2 Å². The van der Waals surface area contributed by atoms with Gasteiger partial charge in [0.1, 0.15) is 6.04 Å². The van der Waals surface area contributed by atoms with E-state index >= 15 is 0 Å². The van der Waals surface area contributed by atoms with Gasteiger partial charge in [-0.3, -0.25) is 9.59 Å². The van der Waals surface area contributed by atoms with E-state index in [2.05, 4.69) is 15.4 Å². The standard InChI is InChI=1S/C16H18N4O4S/c1-3-24-15(23)12-8-25-16(17-12)18-14(22)9(2)20-13(21)7-10-5-4-6-11(10)19-20/h7-9H,3-6H2,1-2H3,(H,17,18,22). The van der Waals surface area contributed by atoms with Crippen molar-refractivity contribution in [2.75, 3.05) is 11.9 Å². The summed E-state index contributed by atoms with van der Waals surface area (Å²) in [6.45, 7) is 3.56. The van der Waals surface area contributed by atoms with E-state index < -0.39 is 17.9 Å². The molecule has 2 aromatic rings. The Morgan fingerprint density at radius 3 is 3.00 bits per heavy atom. The molecule has 3 rings (SSSR count). The lowest BCUT2D eigenvalue weighted by Gasteiger charge is -2.14. The van der Waals surface area contributed by atoms with Crippen LogP contribution < -0.4 is 10.9 Å². The van der Waals surface area contributed by atoms with Gasteiger partial charge in [-0.25, -0.2) is 14.5 Å². The van der Waals surface area contributed by atoms with Crippen LogP contribution in [0.4, 0.5) is 5.13 Å². The van der Waals surface area contributed by atoms with Gasteiger partial charge in [0.25, 0.3) is 11.5 Å². The highest BCUT2D eigenvalue weighted by molar-refractivity contribution is 7.14. The van der Waals surface area contributed by atoms with Crippen molar-refractivity contribution in [3.05, 3.63) is 38.8 Å². The predicted molar refractivity (Wildman–Crippen MR) is 91.9 cm³/mol. The van der Waals surface area contributed by atoms with Crippen molar-refractivity contribution in [1.82, 2.24) is 14.8 Å². The number of thiazole rings is 1. The number of fused-ring (bicyclic) bond motifs is 1. The molecule has 0 bridgehead atoms. The lowest BCUT2D eigenvalue weighted by Crippen LogP contribution is -2.34. The van der Waals surface area contributed by atoms with Gasteiger partial charge >= 0.3 is 5.97 Å². The van der Waals surface area contributed by atoms with Gasteiger partial charge in [0, 0.05) is 11.4 Å². The van der Waals surface area contributed by atoms with E-state index in [-0.39, 0.29) is 23.0 Å². The molecule has 0 fully saturated rings. The Balaban J connectivity index is 1.73. The zero-order valence-electron chi connectivity index (χ0n) is 13.9. The fraction of sp³-hybridized carbons (Fsp3) is 0.438. The molecule has 0 aliphatic heterocycles. The monoisotopic (exact) mass is 362 g/mol. The lowest BCUT2D eigenvalue weighted by molar-refractivity contribution is -0.119. The summed E-state index contributed by atoms with van der Waals surface area (Å²) in [6.07, 6.45) is 2.65. The van der Waals surface area contributed by atoms with Crippen LogP contribution in [0.15, 0.2) is 16.2 Å². The molecule has 1 aliphatic carbocycles. The quantitative estimate of drug-likeness (QED) is 0.810. The lowest BCUT2D eigenvalue weighted by atomic mass is 10.2. The van der Waals surface area contributed by atoms with Crippen LogP contribution in [0.3, 0.4) is 0 Å². The SMILES string of the molecule is CCOC(=O)c1csc(NC(=O)C(C)n2nc3c(cc2=O)CCC3)n1. The molecule has 0 aromatic carbocycles. The summed E-state index contributed by atoms with van der Waals surface area (Å²) in [5, 5.41) is 8.72. The molecule has 0 saturated heterocycles. The number of ether oxygens (including phenoxy) is 1. The third kappa shape index (κ3) is 3.60. The smallest absolute Gasteiger partial charge is 0.357 e. The Labute approximate surface area is 147 Å². The van der Waals surface area contributed by atoms with Gasteiger partial charge in [-0.15, -0.1) is 11.3 Å². The number of anilines is 1. The van der Waals surface area contributed by atoms with Gasteiger partial charge in [0.15, 0.2) is 10.8 Å². The number of carbonyl (C=O) groups excluding carboxylic acids is 2. The molecule has 0 radical (unpaired) electrons. The Bertz CT molecular complexity index is 873. The highest BCUT2D eigenvalue weighted by atomic mass is 32.1. The summed E-state index contributed by atoms with van der Waals surface area (Å²) in [5.74, 6) is -0.957. The second-order valence-corrected chi connectivity index (χ2v) is 6.53. The number of hydrogen-bond donors (Lipinski definition) is 1. The third-order valence-corrected chi connectivity index (χ3v) is 4.71. The zero-order valence-corrected chi connectivity index (χ0v) is 14.8. The van der Waals surface area contributed by atoms with Crippen molar-refractivity contribution in [1.29, 1.82) is 0 Å². The highest BCUT2D eigenvalue weighted by Crippen LogP contribution is 2.20. The van der Waals surface area contributed by atoms with Gasteiger partial charge in [-0.1, -0.05) is 0 Å². The van der Waals surface area contributed by atoms with Crippen LogP contribution in [-0.2, 0) is 22.4 Å². The van der Waals surface area contributed by atoms with Crippen LogP contribution >= 0.6 is 11.3 Å². The molecule has 9 heteroatoms. The topological polar surface area (TPSA) is 103 Å². The Morgan fingerprint density at radius 1 is 1.44 bits per heavy atom. The molecule has 2 aromatic heterocycles. The van der Waals surface area contributed by atoms with E-state index in [0.717, 1.165) is 41.9 Å². The number of carbonyl (C=O) groups is 2. The zero-order chi connectivity index (χ0) is 18.0. The Kier molecular flexibility index (Phi) is 4.93. The first-order valence-electron chi connectivity index (χ1n) is 8.04. The predicted octanol–water partition coefficient (Wildman–Crippen LogP) is 1.56. The Hall–Kier alpha value is -2.55. The fourth-order valence-electron chi connectivity index (χ4n) is 2.64. The van der Waals surface area contributed by atoms with E-state index in [9.17, 15) is 14.4 Å². The molecule has 25 heavy (non-hydrogen) atoms. The summed E-state index contributed by atoms with van der Waals surface area (Å²) < 4.78 is 6.05. The van der Waals surface area contributed by atoms with Crippen molar-refractivity contribution >= 4 is 28.3 Å². The van der Waals surface area contributed by atoms with Crippen molar-refractivity contribution in [2.24, 2.45) is 0 Å². The van der Waals surface area contributed by atoms with Crippen LogP contribution in [0.25, 0.3) is 0 Å².